The second-order valence-electron chi connectivity index (χ2n) is 5.67. The van der Waals surface area contributed by atoms with Crippen molar-refractivity contribution in [3.63, 3.8) is 0 Å². The predicted octanol–water partition coefficient (Wildman–Crippen LogP) is 2.81. The third kappa shape index (κ3) is 3.53. The summed E-state index contributed by atoms with van der Waals surface area (Å²) in [4.78, 5) is 21.0. The Labute approximate surface area is 129 Å². The van der Waals surface area contributed by atoms with Crippen LogP contribution in [0.1, 0.15) is 37.5 Å². The van der Waals surface area contributed by atoms with Gasteiger partial charge in [-0.05, 0) is 31.4 Å². The van der Waals surface area contributed by atoms with Gasteiger partial charge in [0, 0.05) is 12.7 Å². The van der Waals surface area contributed by atoms with E-state index in [0.717, 1.165) is 11.1 Å². The van der Waals surface area contributed by atoms with Crippen LogP contribution in [0.25, 0.3) is 11.2 Å². The minimum atomic E-state index is -0.281. The van der Waals surface area contributed by atoms with E-state index in [1.807, 2.05) is 19.9 Å². The lowest BCUT2D eigenvalue weighted by Crippen LogP contribution is -2.31. The highest BCUT2D eigenvalue weighted by molar-refractivity contribution is 6.20. The summed E-state index contributed by atoms with van der Waals surface area (Å²) in [7, 11) is 0. The molecule has 2 rings (SSSR count). The first-order valence-corrected chi connectivity index (χ1v) is 7.56. The van der Waals surface area contributed by atoms with E-state index >= 15 is 0 Å². The van der Waals surface area contributed by atoms with E-state index in [0.29, 0.717) is 23.9 Å². The Balaban J connectivity index is 2.35. The number of imidazole rings is 1. The smallest absolute Gasteiger partial charge is 0.240 e. The Hall–Kier alpha value is -1.62. The second kappa shape index (κ2) is 6.43. The maximum Gasteiger partial charge on any atom is 0.240 e. The molecule has 0 fully saturated rings. The number of aromatic nitrogens is 3. The van der Waals surface area contributed by atoms with E-state index in [-0.39, 0.29) is 17.8 Å². The lowest BCUT2D eigenvalue weighted by atomic mass is 10.2. The molecule has 0 bridgehead atoms. The molecule has 5 nitrogen and oxygen atoms in total. The van der Waals surface area contributed by atoms with Crippen molar-refractivity contribution >= 4 is 28.7 Å². The molecule has 2 aromatic rings. The number of nitrogens with one attached hydrogen (secondary N) is 1. The fourth-order valence-corrected chi connectivity index (χ4v) is 2.30. The molecule has 0 aliphatic heterocycles. The van der Waals surface area contributed by atoms with E-state index in [1.165, 1.54) is 0 Å². The summed E-state index contributed by atoms with van der Waals surface area (Å²) in [6.45, 7) is 8.79. The van der Waals surface area contributed by atoms with Crippen molar-refractivity contribution in [3.8, 4) is 0 Å². The molecule has 0 saturated heterocycles. The van der Waals surface area contributed by atoms with Crippen molar-refractivity contribution in [1.29, 1.82) is 0 Å². The fraction of sp³-hybridized carbons (Fsp3) is 0.533. The quantitative estimate of drug-likeness (QED) is 0.864. The van der Waals surface area contributed by atoms with Gasteiger partial charge < -0.3 is 9.88 Å². The van der Waals surface area contributed by atoms with E-state index in [2.05, 4.69) is 29.1 Å². The van der Waals surface area contributed by atoms with Crippen LogP contribution in [-0.2, 0) is 11.3 Å². The molecule has 2 heterocycles. The van der Waals surface area contributed by atoms with E-state index < -0.39 is 0 Å². The molecular formula is C15H21ClN4O. The van der Waals surface area contributed by atoms with Crippen LogP contribution in [0.15, 0.2) is 12.3 Å². The van der Waals surface area contributed by atoms with Gasteiger partial charge in [-0.25, -0.2) is 9.97 Å². The standard InChI is InChI=1S/C15H21ClN4O/c1-9(2)7-18-12(21)8-20-14(11(4)16)19-13-10(3)5-6-17-15(13)20/h5-6,9,11H,7-8H2,1-4H3,(H,18,21). The number of hydrogen-bond donors (Lipinski definition) is 1. The third-order valence-electron chi connectivity index (χ3n) is 3.23. The number of nitrogens with zero attached hydrogens (tertiary/aromatic N) is 3. The van der Waals surface area contributed by atoms with E-state index in [1.54, 1.807) is 10.8 Å². The van der Waals surface area contributed by atoms with E-state index in [9.17, 15) is 4.79 Å². The van der Waals surface area contributed by atoms with Crippen molar-refractivity contribution in [2.45, 2.75) is 39.6 Å². The van der Waals surface area contributed by atoms with Gasteiger partial charge in [0.2, 0.25) is 5.91 Å². The molecular weight excluding hydrogens is 288 g/mol. The van der Waals surface area contributed by atoms with Crippen molar-refractivity contribution in [1.82, 2.24) is 19.9 Å². The van der Waals surface area contributed by atoms with Crippen LogP contribution in [0, 0.1) is 12.8 Å². The number of pyridine rings is 1. The number of aryl methyl sites for hydroxylation is 1. The monoisotopic (exact) mass is 308 g/mol. The Morgan fingerprint density at radius 1 is 1.43 bits per heavy atom. The van der Waals surface area contributed by atoms with Gasteiger partial charge in [-0.3, -0.25) is 4.79 Å². The summed E-state index contributed by atoms with van der Waals surface area (Å²) in [5.74, 6) is 1.04. The van der Waals surface area contributed by atoms with Gasteiger partial charge in [0.25, 0.3) is 0 Å². The molecule has 1 N–H and O–H groups in total. The SMILES string of the molecule is Cc1ccnc2c1nc(C(C)Cl)n2CC(=O)NCC(C)C. The van der Waals surface area contributed by atoms with Crippen molar-refractivity contribution in [2.24, 2.45) is 5.92 Å². The molecule has 2 aromatic heterocycles. The number of halogens is 1. The van der Waals surface area contributed by atoms with Gasteiger partial charge >= 0.3 is 0 Å². The molecule has 21 heavy (non-hydrogen) atoms. The molecule has 1 atom stereocenters. The molecule has 0 aromatic carbocycles. The van der Waals surface area contributed by atoms with Crippen LogP contribution in [0.3, 0.4) is 0 Å². The summed E-state index contributed by atoms with van der Waals surface area (Å²) < 4.78 is 1.80. The lowest BCUT2D eigenvalue weighted by Gasteiger charge is -2.11. The first-order chi connectivity index (χ1) is 9.90. The number of hydrogen-bond acceptors (Lipinski definition) is 3. The van der Waals surface area contributed by atoms with Gasteiger partial charge in [0.1, 0.15) is 17.9 Å². The number of amides is 1. The summed E-state index contributed by atoms with van der Waals surface area (Å²) in [6.07, 6.45) is 1.73. The van der Waals surface area contributed by atoms with Crippen LogP contribution < -0.4 is 5.32 Å². The molecule has 0 radical (unpaired) electrons. The van der Waals surface area contributed by atoms with Gasteiger partial charge in [-0.1, -0.05) is 13.8 Å². The van der Waals surface area contributed by atoms with Crippen LogP contribution in [-0.4, -0.2) is 27.0 Å². The van der Waals surface area contributed by atoms with Crippen molar-refractivity contribution in [3.05, 3.63) is 23.7 Å². The maximum absolute atomic E-state index is 12.1. The van der Waals surface area contributed by atoms with Gasteiger partial charge in [-0.15, -0.1) is 11.6 Å². The summed E-state index contributed by atoms with van der Waals surface area (Å²) in [6, 6.07) is 1.90. The average molecular weight is 309 g/mol. The predicted molar refractivity (Wildman–Crippen MR) is 84.4 cm³/mol. The van der Waals surface area contributed by atoms with Gasteiger partial charge in [-0.2, -0.15) is 0 Å². The second-order valence-corrected chi connectivity index (χ2v) is 6.32. The first-order valence-electron chi connectivity index (χ1n) is 7.12. The van der Waals surface area contributed by atoms with Crippen molar-refractivity contribution < 1.29 is 4.79 Å². The minimum absolute atomic E-state index is 0.0510. The Bertz CT molecular complexity index is 648. The van der Waals surface area contributed by atoms with Crippen LogP contribution in [0.4, 0.5) is 0 Å². The van der Waals surface area contributed by atoms with Gasteiger partial charge in [0.05, 0.1) is 5.38 Å². The summed E-state index contributed by atoms with van der Waals surface area (Å²) >= 11 is 6.20. The molecule has 114 valence electrons. The summed E-state index contributed by atoms with van der Waals surface area (Å²) in [5.41, 5.74) is 2.54. The highest BCUT2D eigenvalue weighted by Gasteiger charge is 2.19. The van der Waals surface area contributed by atoms with E-state index in [4.69, 9.17) is 11.6 Å². The minimum Gasteiger partial charge on any atom is -0.354 e. The van der Waals surface area contributed by atoms with Crippen LogP contribution >= 0.6 is 11.6 Å². The molecule has 0 spiro atoms. The number of carbonyl (C=O) groups is 1. The summed E-state index contributed by atoms with van der Waals surface area (Å²) in [5, 5.41) is 2.63. The molecule has 0 aliphatic rings. The fourth-order valence-electron chi connectivity index (χ4n) is 2.13. The molecule has 6 heteroatoms. The van der Waals surface area contributed by atoms with Crippen LogP contribution in [0.5, 0.6) is 0 Å². The first kappa shape index (κ1) is 15.8. The van der Waals surface area contributed by atoms with Crippen LogP contribution in [0.2, 0.25) is 0 Å². The van der Waals surface area contributed by atoms with Crippen molar-refractivity contribution in [2.75, 3.05) is 6.54 Å². The number of carbonyl (C=O) groups excluding carboxylic acids is 1. The maximum atomic E-state index is 12.1. The molecule has 0 aliphatic carbocycles. The number of fused-ring (bicyclic) bond motifs is 1. The molecule has 1 unspecified atom stereocenters. The third-order valence-corrected chi connectivity index (χ3v) is 3.43. The zero-order chi connectivity index (χ0) is 15.6. The largest absolute Gasteiger partial charge is 0.354 e. The highest BCUT2D eigenvalue weighted by Crippen LogP contribution is 2.24. The number of alkyl halides is 1. The lowest BCUT2D eigenvalue weighted by molar-refractivity contribution is -0.121. The normalized spacial score (nSPS) is 12.9. The Morgan fingerprint density at radius 2 is 2.14 bits per heavy atom. The van der Waals surface area contributed by atoms with Gasteiger partial charge in [0.15, 0.2) is 5.65 Å². The zero-order valence-electron chi connectivity index (χ0n) is 12.9. The Morgan fingerprint density at radius 3 is 2.76 bits per heavy atom. The number of rotatable bonds is 5. The Kier molecular flexibility index (Phi) is 4.83. The zero-order valence-corrected chi connectivity index (χ0v) is 13.6. The highest BCUT2D eigenvalue weighted by atomic mass is 35.5. The molecule has 1 amide bonds. The average Bonchev–Trinajstić information content (AvgIpc) is 2.77. The topological polar surface area (TPSA) is 59.8 Å². The molecule has 0 saturated carbocycles.